The number of hydrogen-bond donors (Lipinski definition) is 2. The van der Waals surface area contributed by atoms with Gasteiger partial charge in [0, 0.05) is 19.1 Å². The standard InChI is InChI=1S/C12H15N3O3S/c13-7-10-3-1-2-4-12(10)19(16,17)15-8-11-9-18-6-5-14-11/h1-4,11,14-15H,5-6,8-9H2. The molecule has 0 bridgehead atoms. The maximum Gasteiger partial charge on any atom is 0.241 e. The van der Waals surface area contributed by atoms with Crippen molar-refractivity contribution in [3.05, 3.63) is 29.8 Å². The molecule has 0 radical (unpaired) electrons. The smallest absolute Gasteiger partial charge is 0.241 e. The third-order valence-corrected chi connectivity index (χ3v) is 4.30. The largest absolute Gasteiger partial charge is 0.378 e. The van der Waals surface area contributed by atoms with Crippen LogP contribution in [0.1, 0.15) is 5.56 Å². The Bertz CT molecular complexity index is 574. The maximum absolute atomic E-state index is 12.1. The van der Waals surface area contributed by atoms with Crippen LogP contribution in [0.5, 0.6) is 0 Å². The normalized spacial score (nSPS) is 19.8. The molecule has 102 valence electrons. The van der Waals surface area contributed by atoms with Crippen molar-refractivity contribution >= 4 is 10.0 Å². The van der Waals surface area contributed by atoms with E-state index in [-0.39, 0.29) is 23.0 Å². The Morgan fingerprint density at radius 3 is 2.95 bits per heavy atom. The Labute approximate surface area is 112 Å². The Kier molecular flexibility index (Phi) is 4.50. The fourth-order valence-corrected chi connectivity index (χ4v) is 3.07. The second-order valence-corrected chi connectivity index (χ2v) is 5.92. The van der Waals surface area contributed by atoms with E-state index in [1.807, 2.05) is 6.07 Å². The van der Waals surface area contributed by atoms with Crippen LogP contribution in [0.3, 0.4) is 0 Å². The van der Waals surface area contributed by atoms with E-state index < -0.39 is 10.0 Å². The number of sulfonamides is 1. The monoisotopic (exact) mass is 281 g/mol. The number of benzene rings is 1. The summed E-state index contributed by atoms with van der Waals surface area (Å²) >= 11 is 0. The lowest BCUT2D eigenvalue weighted by molar-refractivity contribution is 0.0784. The molecule has 0 aromatic heterocycles. The highest BCUT2D eigenvalue weighted by Crippen LogP contribution is 2.13. The van der Waals surface area contributed by atoms with Gasteiger partial charge in [0.1, 0.15) is 6.07 Å². The third-order valence-electron chi connectivity index (χ3n) is 2.82. The van der Waals surface area contributed by atoms with Crippen LogP contribution in [0.2, 0.25) is 0 Å². The third kappa shape index (κ3) is 3.52. The molecular weight excluding hydrogens is 266 g/mol. The van der Waals surface area contributed by atoms with Crippen molar-refractivity contribution in [3.63, 3.8) is 0 Å². The Hall–Kier alpha value is -1.46. The molecular formula is C12H15N3O3S. The number of rotatable bonds is 4. The molecule has 0 aliphatic carbocycles. The molecule has 6 nitrogen and oxygen atoms in total. The fraction of sp³-hybridized carbons (Fsp3) is 0.417. The van der Waals surface area contributed by atoms with Gasteiger partial charge in [-0.15, -0.1) is 0 Å². The van der Waals surface area contributed by atoms with Crippen LogP contribution >= 0.6 is 0 Å². The zero-order valence-corrected chi connectivity index (χ0v) is 11.1. The lowest BCUT2D eigenvalue weighted by Gasteiger charge is -2.23. The molecule has 1 aromatic carbocycles. The lowest BCUT2D eigenvalue weighted by atomic mass is 10.2. The average molecular weight is 281 g/mol. The highest BCUT2D eigenvalue weighted by atomic mass is 32.2. The summed E-state index contributed by atoms with van der Waals surface area (Å²) < 4.78 is 32.0. The molecule has 1 heterocycles. The summed E-state index contributed by atoms with van der Waals surface area (Å²) in [6.07, 6.45) is 0. The predicted molar refractivity (Wildman–Crippen MR) is 69.0 cm³/mol. The molecule has 1 atom stereocenters. The van der Waals surface area contributed by atoms with Crippen molar-refractivity contribution in [2.75, 3.05) is 26.3 Å². The SMILES string of the molecule is N#Cc1ccccc1S(=O)(=O)NCC1COCCN1. The van der Waals surface area contributed by atoms with Gasteiger partial charge in [-0.1, -0.05) is 12.1 Å². The number of nitrogens with one attached hydrogen (secondary N) is 2. The van der Waals surface area contributed by atoms with Gasteiger partial charge in [-0.25, -0.2) is 13.1 Å². The quantitative estimate of drug-likeness (QED) is 0.799. The molecule has 1 aliphatic heterocycles. The van der Waals surface area contributed by atoms with Gasteiger partial charge in [-0.2, -0.15) is 5.26 Å². The molecule has 19 heavy (non-hydrogen) atoms. The Morgan fingerprint density at radius 1 is 1.47 bits per heavy atom. The van der Waals surface area contributed by atoms with Gasteiger partial charge >= 0.3 is 0 Å². The van der Waals surface area contributed by atoms with Crippen LogP contribution in [0.4, 0.5) is 0 Å². The summed E-state index contributed by atoms with van der Waals surface area (Å²) in [6.45, 7) is 2.06. The zero-order valence-electron chi connectivity index (χ0n) is 10.3. The Morgan fingerprint density at radius 2 is 2.26 bits per heavy atom. The van der Waals surface area contributed by atoms with E-state index in [1.165, 1.54) is 12.1 Å². The van der Waals surface area contributed by atoms with E-state index in [0.717, 1.165) is 0 Å². The Balaban J connectivity index is 2.07. The second-order valence-electron chi connectivity index (χ2n) is 4.19. The number of nitrogens with zero attached hydrogens (tertiary/aromatic N) is 1. The minimum atomic E-state index is -3.67. The second kappa shape index (κ2) is 6.12. The molecule has 7 heteroatoms. The minimum Gasteiger partial charge on any atom is -0.378 e. The van der Waals surface area contributed by atoms with Crippen LogP contribution in [-0.4, -0.2) is 40.8 Å². The van der Waals surface area contributed by atoms with Gasteiger partial charge in [0.25, 0.3) is 0 Å². The molecule has 1 aliphatic rings. The van der Waals surface area contributed by atoms with E-state index in [4.69, 9.17) is 10.00 Å². The van der Waals surface area contributed by atoms with Crippen LogP contribution in [0.15, 0.2) is 29.2 Å². The summed E-state index contributed by atoms with van der Waals surface area (Å²) in [5.74, 6) is 0. The van der Waals surface area contributed by atoms with Crippen molar-refractivity contribution in [1.29, 1.82) is 5.26 Å². The van der Waals surface area contributed by atoms with Gasteiger partial charge in [-0.05, 0) is 12.1 Å². The van der Waals surface area contributed by atoms with Crippen molar-refractivity contribution < 1.29 is 13.2 Å². The summed E-state index contributed by atoms with van der Waals surface area (Å²) in [7, 11) is -3.67. The topological polar surface area (TPSA) is 91.2 Å². The molecule has 0 amide bonds. The van der Waals surface area contributed by atoms with E-state index in [1.54, 1.807) is 12.1 Å². The van der Waals surface area contributed by atoms with Gasteiger partial charge in [0.15, 0.2) is 0 Å². The van der Waals surface area contributed by atoms with Gasteiger partial charge in [0.2, 0.25) is 10.0 Å². The molecule has 2 rings (SSSR count). The number of nitriles is 1. The summed E-state index contributed by atoms with van der Waals surface area (Å²) in [5.41, 5.74) is 0.142. The van der Waals surface area contributed by atoms with Crippen molar-refractivity contribution in [2.24, 2.45) is 0 Å². The van der Waals surface area contributed by atoms with Crippen LogP contribution in [0, 0.1) is 11.3 Å². The highest BCUT2D eigenvalue weighted by Gasteiger charge is 2.20. The first kappa shape index (κ1) is 14.0. The maximum atomic E-state index is 12.1. The van der Waals surface area contributed by atoms with Crippen LogP contribution in [-0.2, 0) is 14.8 Å². The fourth-order valence-electron chi connectivity index (χ4n) is 1.83. The summed E-state index contributed by atoms with van der Waals surface area (Å²) in [5, 5.41) is 12.1. The first-order chi connectivity index (χ1) is 9.13. The molecule has 1 unspecified atom stereocenters. The van der Waals surface area contributed by atoms with E-state index in [9.17, 15) is 8.42 Å². The van der Waals surface area contributed by atoms with E-state index in [0.29, 0.717) is 19.8 Å². The van der Waals surface area contributed by atoms with Crippen molar-refractivity contribution in [2.45, 2.75) is 10.9 Å². The molecule has 0 saturated carbocycles. The molecule has 1 fully saturated rings. The number of hydrogen-bond acceptors (Lipinski definition) is 5. The first-order valence-electron chi connectivity index (χ1n) is 5.93. The predicted octanol–water partition coefficient (Wildman–Crippen LogP) is -0.175. The average Bonchev–Trinajstić information content (AvgIpc) is 2.46. The summed E-state index contributed by atoms with van der Waals surface area (Å²) in [4.78, 5) is 0.00854. The molecule has 0 spiro atoms. The van der Waals surface area contributed by atoms with Crippen LogP contribution < -0.4 is 10.0 Å². The number of ether oxygens (including phenoxy) is 1. The summed E-state index contributed by atoms with van der Waals surface area (Å²) in [6, 6.07) is 7.97. The highest BCUT2D eigenvalue weighted by molar-refractivity contribution is 7.89. The number of morpholine rings is 1. The van der Waals surface area contributed by atoms with Crippen molar-refractivity contribution in [1.82, 2.24) is 10.0 Å². The molecule has 1 saturated heterocycles. The van der Waals surface area contributed by atoms with Gasteiger partial charge in [-0.3, -0.25) is 0 Å². The van der Waals surface area contributed by atoms with Gasteiger partial charge < -0.3 is 10.1 Å². The first-order valence-corrected chi connectivity index (χ1v) is 7.42. The van der Waals surface area contributed by atoms with E-state index >= 15 is 0 Å². The van der Waals surface area contributed by atoms with Crippen molar-refractivity contribution in [3.8, 4) is 6.07 Å². The minimum absolute atomic E-state index is 0.00854. The van der Waals surface area contributed by atoms with Gasteiger partial charge in [0.05, 0.1) is 23.7 Å². The van der Waals surface area contributed by atoms with E-state index in [2.05, 4.69) is 10.0 Å². The zero-order chi connectivity index (χ0) is 13.7. The molecule has 2 N–H and O–H groups in total. The molecule has 1 aromatic rings. The van der Waals surface area contributed by atoms with Crippen LogP contribution in [0.25, 0.3) is 0 Å². The lowest BCUT2D eigenvalue weighted by Crippen LogP contribution is -2.48.